The zero-order valence-corrected chi connectivity index (χ0v) is 19.5. The molecule has 6 heteroatoms. The van der Waals surface area contributed by atoms with Crippen LogP contribution < -0.4 is 5.32 Å². The van der Waals surface area contributed by atoms with Gasteiger partial charge in [0, 0.05) is 36.9 Å². The van der Waals surface area contributed by atoms with E-state index in [9.17, 15) is 9.59 Å². The van der Waals surface area contributed by atoms with Crippen LogP contribution in [0.15, 0.2) is 83.5 Å². The number of ketones is 1. The van der Waals surface area contributed by atoms with Gasteiger partial charge >= 0.3 is 0 Å². The molecule has 3 aliphatic rings. The van der Waals surface area contributed by atoms with Gasteiger partial charge in [0.05, 0.1) is 23.9 Å². The minimum Gasteiger partial charge on any atom is -0.314 e. The quantitative estimate of drug-likeness (QED) is 0.706. The number of nitrogens with one attached hydrogen (secondary N) is 1. The van der Waals surface area contributed by atoms with Crippen LogP contribution >= 0.6 is 11.6 Å². The number of carbonyl (C=O) groups is 2. The van der Waals surface area contributed by atoms with Gasteiger partial charge in [-0.3, -0.25) is 14.5 Å². The van der Waals surface area contributed by atoms with E-state index in [-0.39, 0.29) is 11.7 Å². The van der Waals surface area contributed by atoms with Crippen molar-refractivity contribution in [2.45, 2.75) is 19.0 Å². The Hall–Kier alpha value is -2.73. The zero-order chi connectivity index (χ0) is 23.0. The number of nitrogens with zero attached hydrogens (tertiary/aromatic N) is 2. The van der Waals surface area contributed by atoms with Crippen LogP contribution in [0.2, 0.25) is 0 Å². The molecular formula is C27H28ClN3O2. The molecule has 2 aromatic carbocycles. The molecule has 1 aliphatic carbocycles. The first-order valence-electron chi connectivity index (χ1n) is 11.5. The fourth-order valence-corrected chi connectivity index (χ4v) is 5.77. The Balaban J connectivity index is 1.68. The standard InChI is InChI=1S/C27H28ClN3O2/c1-19-25(32)24-23(31(26(19)33)18-20-8-4-2-5-9-20)16-22(28)17-27(24,21-10-6-3-7-11-21)30-14-12-29-13-15-30/h2-11,16-17,19,24,29H,12-15,18H2,1H3. The Bertz CT molecular complexity index is 1110. The number of rotatable bonds is 4. The Morgan fingerprint density at radius 3 is 2.30 bits per heavy atom. The van der Waals surface area contributed by atoms with Crippen LogP contribution in [0.4, 0.5) is 0 Å². The number of allylic oxidation sites excluding steroid dienone is 2. The predicted octanol–water partition coefficient (Wildman–Crippen LogP) is 3.67. The van der Waals surface area contributed by atoms with Gasteiger partial charge in [-0.15, -0.1) is 0 Å². The van der Waals surface area contributed by atoms with Crippen molar-refractivity contribution < 1.29 is 9.59 Å². The second kappa shape index (κ2) is 8.90. The molecular weight excluding hydrogens is 434 g/mol. The first-order chi connectivity index (χ1) is 16.0. The molecule has 0 spiro atoms. The lowest BCUT2D eigenvalue weighted by Gasteiger charge is -2.54. The molecule has 5 rings (SSSR count). The molecule has 3 atom stereocenters. The summed E-state index contributed by atoms with van der Waals surface area (Å²) >= 11 is 6.78. The highest BCUT2D eigenvalue weighted by Crippen LogP contribution is 2.50. The van der Waals surface area contributed by atoms with Gasteiger partial charge in [-0.05, 0) is 30.2 Å². The number of carbonyl (C=O) groups excluding carboxylic acids is 2. The number of fused-ring (bicyclic) bond motifs is 1. The van der Waals surface area contributed by atoms with E-state index in [0.29, 0.717) is 17.3 Å². The molecule has 33 heavy (non-hydrogen) atoms. The van der Waals surface area contributed by atoms with Crippen molar-refractivity contribution in [2.24, 2.45) is 11.8 Å². The van der Waals surface area contributed by atoms with Crippen LogP contribution in [0.5, 0.6) is 0 Å². The number of Topliss-reactive ketones (excluding diaryl/α,β-unsaturated/α-hetero) is 1. The molecule has 2 aromatic rings. The number of likely N-dealkylation sites (tertiary alicyclic amines) is 1. The lowest BCUT2D eigenvalue weighted by atomic mass is 9.66. The smallest absolute Gasteiger partial charge is 0.237 e. The molecule has 0 bridgehead atoms. The maximum absolute atomic E-state index is 13.9. The van der Waals surface area contributed by atoms with E-state index in [0.717, 1.165) is 37.3 Å². The number of benzene rings is 2. The van der Waals surface area contributed by atoms with Crippen LogP contribution in [0.3, 0.4) is 0 Å². The van der Waals surface area contributed by atoms with E-state index in [1.54, 1.807) is 11.8 Å². The average Bonchev–Trinajstić information content (AvgIpc) is 2.86. The van der Waals surface area contributed by atoms with Crippen LogP contribution in [0.1, 0.15) is 18.1 Å². The molecule has 0 saturated carbocycles. The first kappa shape index (κ1) is 22.1. The summed E-state index contributed by atoms with van der Waals surface area (Å²) in [6.07, 6.45) is 3.85. The largest absolute Gasteiger partial charge is 0.314 e. The first-order valence-corrected chi connectivity index (χ1v) is 11.9. The SMILES string of the molecule is CC1C(=O)C2C(=CC(Cl)=CC2(c2ccccc2)N2CCNCC2)N(Cc2ccccc2)C1=O. The Kier molecular flexibility index (Phi) is 5.95. The number of amides is 1. The fraction of sp³-hybridized carbons (Fsp3) is 0.333. The Morgan fingerprint density at radius 2 is 1.64 bits per heavy atom. The highest BCUT2D eigenvalue weighted by molar-refractivity contribution is 6.31. The Labute approximate surface area is 199 Å². The van der Waals surface area contributed by atoms with Crippen LogP contribution in [-0.2, 0) is 21.7 Å². The maximum Gasteiger partial charge on any atom is 0.237 e. The molecule has 0 radical (unpaired) electrons. The third-order valence-corrected chi connectivity index (χ3v) is 7.32. The van der Waals surface area contributed by atoms with Gasteiger partial charge in [0.1, 0.15) is 0 Å². The van der Waals surface area contributed by atoms with E-state index in [4.69, 9.17) is 11.6 Å². The lowest BCUT2D eigenvalue weighted by molar-refractivity contribution is -0.149. The molecule has 2 fully saturated rings. The molecule has 5 nitrogen and oxygen atoms in total. The molecule has 0 aromatic heterocycles. The third kappa shape index (κ3) is 3.74. The summed E-state index contributed by atoms with van der Waals surface area (Å²) in [5, 5.41) is 3.97. The summed E-state index contributed by atoms with van der Waals surface area (Å²) in [7, 11) is 0. The topological polar surface area (TPSA) is 52.7 Å². The van der Waals surface area contributed by atoms with E-state index < -0.39 is 17.4 Å². The summed E-state index contributed by atoms with van der Waals surface area (Å²) in [5.41, 5.74) is 1.99. The molecule has 2 heterocycles. The second-order valence-corrected chi connectivity index (χ2v) is 9.43. The summed E-state index contributed by atoms with van der Waals surface area (Å²) in [4.78, 5) is 31.4. The minimum absolute atomic E-state index is 0.0432. The highest BCUT2D eigenvalue weighted by atomic mass is 35.5. The van der Waals surface area contributed by atoms with Crippen LogP contribution in [0, 0.1) is 11.8 Å². The van der Waals surface area contributed by atoms with Crippen molar-refractivity contribution in [1.29, 1.82) is 0 Å². The molecule has 2 saturated heterocycles. The van der Waals surface area contributed by atoms with Crippen molar-refractivity contribution in [1.82, 2.24) is 15.1 Å². The number of hydrogen-bond donors (Lipinski definition) is 1. The lowest BCUT2D eigenvalue weighted by Crippen LogP contribution is -2.63. The normalized spacial score (nSPS) is 28.2. The zero-order valence-electron chi connectivity index (χ0n) is 18.7. The molecule has 1 amide bonds. The molecule has 170 valence electrons. The summed E-state index contributed by atoms with van der Waals surface area (Å²) in [6.45, 7) is 5.40. The van der Waals surface area contributed by atoms with Crippen molar-refractivity contribution in [3.63, 3.8) is 0 Å². The average molecular weight is 462 g/mol. The number of halogens is 1. The number of hydrogen-bond acceptors (Lipinski definition) is 4. The van der Waals surface area contributed by atoms with Gasteiger partial charge in [-0.25, -0.2) is 0 Å². The van der Waals surface area contributed by atoms with Crippen LogP contribution in [-0.4, -0.2) is 47.7 Å². The van der Waals surface area contributed by atoms with Crippen molar-refractivity contribution >= 4 is 23.3 Å². The Morgan fingerprint density at radius 1 is 1.00 bits per heavy atom. The van der Waals surface area contributed by atoms with Crippen molar-refractivity contribution in [2.75, 3.05) is 26.2 Å². The van der Waals surface area contributed by atoms with Gasteiger partial charge in [0.25, 0.3) is 0 Å². The van der Waals surface area contributed by atoms with E-state index in [1.807, 2.05) is 60.7 Å². The fourth-order valence-electron chi connectivity index (χ4n) is 5.50. The summed E-state index contributed by atoms with van der Waals surface area (Å²) < 4.78 is 0. The van der Waals surface area contributed by atoms with Gasteiger partial charge < -0.3 is 10.2 Å². The van der Waals surface area contributed by atoms with E-state index in [1.165, 1.54) is 0 Å². The minimum atomic E-state index is -0.745. The van der Waals surface area contributed by atoms with Gasteiger partial charge in [-0.2, -0.15) is 0 Å². The summed E-state index contributed by atoms with van der Waals surface area (Å²) in [5.74, 6) is -1.44. The molecule has 3 unspecified atom stereocenters. The van der Waals surface area contributed by atoms with Crippen LogP contribution in [0.25, 0.3) is 0 Å². The van der Waals surface area contributed by atoms with Gasteiger partial charge in [0.2, 0.25) is 5.91 Å². The second-order valence-electron chi connectivity index (χ2n) is 8.99. The van der Waals surface area contributed by atoms with Gasteiger partial charge in [-0.1, -0.05) is 72.3 Å². The van der Waals surface area contributed by atoms with E-state index in [2.05, 4.69) is 22.3 Å². The van der Waals surface area contributed by atoms with Gasteiger partial charge in [0.15, 0.2) is 5.78 Å². The third-order valence-electron chi connectivity index (χ3n) is 7.10. The molecule has 1 N–H and O–H groups in total. The highest BCUT2D eigenvalue weighted by Gasteiger charge is 2.56. The monoisotopic (exact) mass is 461 g/mol. The van der Waals surface area contributed by atoms with Crippen molar-refractivity contribution in [3.8, 4) is 0 Å². The number of piperidine rings is 1. The number of piperazine rings is 1. The molecule has 2 aliphatic heterocycles. The maximum atomic E-state index is 13.9. The predicted molar refractivity (Wildman–Crippen MR) is 129 cm³/mol. The summed E-state index contributed by atoms with van der Waals surface area (Å²) in [6, 6.07) is 20.0. The van der Waals surface area contributed by atoms with Crippen molar-refractivity contribution in [3.05, 3.63) is 94.7 Å². The van der Waals surface area contributed by atoms with E-state index >= 15 is 0 Å².